The number of aromatic nitrogens is 2. The van der Waals surface area contributed by atoms with Gasteiger partial charge in [0, 0.05) is 18.1 Å². The van der Waals surface area contributed by atoms with E-state index in [1.165, 1.54) is 36.7 Å². The van der Waals surface area contributed by atoms with Crippen molar-refractivity contribution in [3.63, 3.8) is 0 Å². The lowest BCUT2D eigenvalue weighted by molar-refractivity contribution is 0.589. The van der Waals surface area contributed by atoms with Gasteiger partial charge < -0.3 is 10.7 Å². The van der Waals surface area contributed by atoms with Gasteiger partial charge in [0.15, 0.2) is 0 Å². The lowest BCUT2D eigenvalue weighted by Gasteiger charge is -2.00. The van der Waals surface area contributed by atoms with Gasteiger partial charge in [-0.1, -0.05) is 0 Å². The van der Waals surface area contributed by atoms with Gasteiger partial charge in [-0.15, -0.1) is 0 Å². The molecule has 3 N–H and O–H groups in total. The zero-order chi connectivity index (χ0) is 10.9. The molecule has 0 radical (unpaired) electrons. The maximum Gasteiger partial charge on any atom is 0.239 e. The first-order valence-electron chi connectivity index (χ1n) is 4.21. The molecule has 0 bridgehead atoms. The third-order valence-electron chi connectivity index (χ3n) is 1.92. The van der Waals surface area contributed by atoms with Crippen LogP contribution in [0.2, 0.25) is 0 Å². The van der Waals surface area contributed by atoms with Crippen LogP contribution in [0.5, 0.6) is 0 Å². The van der Waals surface area contributed by atoms with Crippen LogP contribution in [0.25, 0.3) is 0 Å². The molecule has 6 heteroatoms. The van der Waals surface area contributed by atoms with Gasteiger partial charge in [-0.2, -0.15) is 0 Å². The van der Waals surface area contributed by atoms with Gasteiger partial charge in [0.25, 0.3) is 0 Å². The van der Waals surface area contributed by atoms with E-state index in [0.29, 0.717) is 5.69 Å². The quantitative estimate of drug-likeness (QED) is 0.738. The molecule has 2 aromatic rings. The van der Waals surface area contributed by atoms with E-state index in [1.807, 2.05) is 0 Å². The van der Waals surface area contributed by atoms with Crippen molar-refractivity contribution in [3.05, 3.63) is 36.7 Å². The molecule has 0 amide bonds. The molecule has 0 aliphatic carbocycles. The summed E-state index contributed by atoms with van der Waals surface area (Å²) in [5.41, 5.74) is 5.99. The number of nitrogen functional groups attached to an aromatic ring is 1. The second kappa shape index (κ2) is 3.39. The molecular weight excluding hydrogens is 214 g/mol. The number of H-pyrrole nitrogens is 1. The highest BCUT2D eigenvalue weighted by atomic mass is 32.2. The van der Waals surface area contributed by atoms with Gasteiger partial charge in [0.1, 0.15) is 0 Å². The van der Waals surface area contributed by atoms with E-state index < -0.39 is 9.84 Å². The standard InChI is InChI=1S/C9H9N3O2S/c10-7-1-3-8(4-2-7)15(13,14)9-11-5-6-12-9/h1-6H,10H2,(H,11,12). The Hall–Kier alpha value is -1.82. The Morgan fingerprint density at radius 3 is 2.40 bits per heavy atom. The number of nitrogens with one attached hydrogen (secondary N) is 1. The highest BCUT2D eigenvalue weighted by molar-refractivity contribution is 7.91. The fourth-order valence-corrected chi connectivity index (χ4v) is 2.30. The molecule has 0 atom stereocenters. The highest BCUT2D eigenvalue weighted by Gasteiger charge is 2.19. The third kappa shape index (κ3) is 1.71. The topological polar surface area (TPSA) is 88.8 Å². The summed E-state index contributed by atoms with van der Waals surface area (Å²) >= 11 is 0. The second-order valence-corrected chi connectivity index (χ2v) is 4.83. The summed E-state index contributed by atoms with van der Waals surface area (Å²) in [5, 5.41) is -0.0627. The molecule has 0 saturated carbocycles. The minimum absolute atomic E-state index is 0.0627. The van der Waals surface area contributed by atoms with Crippen molar-refractivity contribution >= 4 is 15.5 Å². The minimum atomic E-state index is -3.53. The summed E-state index contributed by atoms with van der Waals surface area (Å²) in [7, 11) is -3.53. The van der Waals surface area contributed by atoms with Gasteiger partial charge in [-0.3, -0.25) is 0 Å². The molecule has 1 heterocycles. The van der Waals surface area contributed by atoms with Crippen LogP contribution in [-0.2, 0) is 9.84 Å². The van der Waals surface area contributed by atoms with Crippen LogP contribution in [-0.4, -0.2) is 18.4 Å². The average Bonchev–Trinajstić information content (AvgIpc) is 2.71. The Kier molecular flexibility index (Phi) is 2.20. The van der Waals surface area contributed by atoms with Crippen molar-refractivity contribution in [1.29, 1.82) is 0 Å². The van der Waals surface area contributed by atoms with Crippen molar-refractivity contribution in [2.75, 3.05) is 5.73 Å². The summed E-state index contributed by atoms with van der Waals surface area (Å²) in [6.07, 6.45) is 2.86. The van der Waals surface area contributed by atoms with E-state index in [1.54, 1.807) is 0 Å². The first kappa shape index (κ1) is 9.72. The van der Waals surface area contributed by atoms with Gasteiger partial charge in [-0.25, -0.2) is 13.4 Å². The van der Waals surface area contributed by atoms with Crippen LogP contribution in [0.3, 0.4) is 0 Å². The third-order valence-corrected chi connectivity index (χ3v) is 3.54. The molecule has 0 aliphatic rings. The Labute approximate surface area is 86.9 Å². The number of rotatable bonds is 2. The molecule has 0 unspecified atom stereocenters. The zero-order valence-corrected chi connectivity index (χ0v) is 8.53. The smallest absolute Gasteiger partial charge is 0.239 e. The molecular formula is C9H9N3O2S. The summed E-state index contributed by atoms with van der Waals surface area (Å²) < 4.78 is 23.7. The Balaban J connectivity index is 2.52. The van der Waals surface area contributed by atoms with E-state index >= 15 is 0 Å². The predicted octanol–water partition coefficient (Wildman–Crippen LogP) is 0.825. The molecule has 0 aliphatic heterocycles. The van der Waals surface area contributed by atoms with Crippen LogP contribution < -0.4 is 5.73 Å². The van der Waals surface area contributed by atoms with Gasteiger partial charge >= 0.3 is 0 Å². The number of aromatic amines is 1. The van der Waals surface area contributed by atoms with Crippen LogP contribution in [0.15, 0.2) is 46.7 Å². The van der Waals surface area contributed by atoms with Crippen molar-refractivity contribution in [2.45, 2.75) is 10.1 Å². The first-order valence-corrected chi connectivity index (χ1v) is 5.69. The summed E-state index contributed by atoms with van der Waals surface area (Å²) in [6.45, 7) is 0. The van der Waals surface area contributed by atoms with Gasteiger partial charge in [0.2, 0.25) is 15.0 Å². The van der Waals surface area contributed by atoms with Crippen molar-refractivity contribution in [1.82, 2.24) is 9.97 Å². The predicted molar refractivity (Wildman–Crippen MR) is 54.9 cm³/mol. The van der Waals surface area contributed by atoms with Crippen LogP contribution in [0.4, 0.5) is 5.69 Å². The van der Waals surface area contributed by atoms with Gasteiger partial charge in [-0.05, 0) is 24.3 Å². The zero-order valence-electron chi connectivity index (χ0n) is 7.71. The molecule has 5 nitrogen and oxygen atoms in total. The number of hydrogen-bond donors (Lipinski definition) is 2. The van der Waals surface area contributed by atoms with E-state index in [0.717, 1.165) is 0 Å². The van der Waals surface area contributed by atoms with E-state index in [-0.39, 0.29) is 10.1 Å². The maximum absolute atomic E-state index is 11.9. The molecule has 0 spiro atoms. The second-order valence-electron chi connectivity index (χ2n) is 2.97. The van der Waals surface area contributed by atoms with Crippen molar-refractivity contribution in [3.8, 4) is 0 Å². The minimum Gasteiger partial charge on any atom is -0.399 e. The van der Waals surface area contributed by atoms with Crippen LogP contribution >= 0.6 is 0 Å². The number of sulfone groups is 1. The monoisotopic (exact) mass is 223 g/mol. The molecule has 2 rings (SSSR count). The molecule has 1 aromatic carbocycles. The number of nitrogens with zero attached hydrogens (tertiary/aromatic N) is 1. The molecule has 15 heavy (non-hydrogen) atoms. The van der Waals surface area contributed by atoms with E-state index in [4.69, 9.17) is 5.73 Å². The summed E-state index contributed by atoms with van der Waals surface area (Å²) in [6, 6.07) is 5.98. The van der Waals surface area contributed by atoms with Crippen LogP contribution in [0.1, 0.15) is 0 Å². The Morgan fingerprint density at radius 1 is 1.20 bits per heavy atom. The number of anilines is 1. The number of nitrogens with two attached hydrogens (primary N) is 1. The normalized spacial score (nSPS) is 11.5. The first-order chi connectivity index (χ1) is 7.10. The van der Waals surface area contributed by atoms with E-state index in [9.17, 15) is 8.42 Å². The summed E-state index contributed by atoms with van der Waals surface area (Å²) in [5.74, 6) is 0. The molecule has 1 aromatic heterocycles. The largest absolute Gasteiger partial charge is 0.399 e. The SMILES string of the molecule is Nc1ccc(S(=O)(=O)c2ncc[nH]2)cc1. The fraction of sp³-hybridized carbons (Fsp3) is 0. The summed E-state index contributed by atoms with van der Waals surface area (Å²) in [4.78, 5) is 6.44. The number of hydrogen-bond acceptors (Lipinski definition) is 4. The lowest BCUT2D eigenvalue weighted by Crippen LogP contribution is -2.04. The number of imidazole rings is 1. The van der Waals surface area contributed by atoms with Crippen LogP contribution in [0, 0.1) is 0 Å². The lowest BCUT2D eigenvalue weighted by atomic mass is 10.3. The van der Waals surface area contributed by atoms with Gasteiger partial charge in [0.05, 0.1) is 4.90 Å². The highest BCUT2D eigenvalue weighted by Crippen LogP contribution is 2.18. The Morgan fingerprint density at radius 2 is 1.87 bits per heavy atom. The maximum atomic E-state index is 11.9. The Bertz CT molecular complexity index is 544. The van der Waals surface area contributed by atoms with E-state index in [2.05, 4.69) is 9.97 Å². The molecule has 0 fully saturated rings. The van der Waals surface area contributed by atoms with Crippen molar-refractivity contribution < 1.29 is 8.42 Å². The molecule has 78 valence electrons. The van der Waals surface area contributed by atoms with Crippen molar-refractivity contribution in [2.24, 2.45) is 0 Å². The number of benzene rings is 1. The molecule has 0 saturated heterocycles. The fourth-order valence-electron chi connectivity index (χ4n) is 1.16. The average molecular weight is 223 g/mol.